The van der Waals surface area contributed by atoms with Gasteiger partial charge in [0.05, 0.1) is 11.3 Å². The number of pyridine rings is 1. The lowest BCUT2D eigenvalue weighted by Crippen LogP contribution is -2.38. The van der Waals surface area contributed by atoms with Crippen LogP contribution in [0.4, 0.5) is 16.0 Å². The number of hydrogen-bond acceptors (Lipinski definition) is 8. The zero-order valence-corrected chi connectivity index (χ0v) is 21.9. The number of aromatic nitrogens is 3. The van der Waals surface area contributed by atoms with Crippen LogP contribution >= 0.6 is 11.9 Å². The van der Waals surface area contributed by atoms with Crippen molar-refractivity contribution in [2.24, 2.45) is 0 Å². The summed E-state index contributed by atoms with van der Waals surface area (Å²) in [5, 5.41) is 9.07. The van der Waals surface area contributed by atoms with Crippen LogP contribution in [-0.2, 0) is 0 Å². The van der Waals surface area contributed by atoms with E-state index >= 15 is 4.39 Å². The summed E-state index contributed by atoms with van der Waals surface area (Å²) >= 11 is 1.45. The van der Waals surface area contributed by atoms with Gasteiger partial charge in [0, 0.05) is 47.8 Å². The molecule has 6 rings (SSSR count). The van der Waals surface area contributed by atoms with E-state index in [1.54, 1.807) is 42.9 Å². The third kappa shape index (κ3) is 5.94. The van der Waals surface area contributed by atoms with Gasteiger partial charge in [-0.15, -0.1) is 0 Å². The molecule has 196 valence electrons. The molecular formula is C30H27FN6OS. The molecule has 0 amide bonds. The fourth-order valence-electron chi connectivity index (χ4n) is 4.56. The van der Waals surface area contributed by atoms with Gasteiger partial charge in [0.2, 0.25) is 5.95 Å². The van der Waals surface area contributed by atoms with Crippen molar-refractivity contribution in [1.29, 1.82) is 0 Å². The van der Waals surface area contributed by atoms with E-state index in [0.717, 1.165) is 41.6 Å². The third-order valence-electron chi connectivity index (χ3n) is 6.52. The molecule has 3 N–H and O–H groups in total. The summed E-state index contributed by atoms with van der Waals surface area (Å²) in [6, 6.07) is 22.9. The summed E-state index contributed by atoms with van der Waals surface area (Å²) in [7, 11) is 0. The molecule has 1 aliphatic heterocycles. The molecule has 0 spiro atoms. The number of anilines is 2. The molecule has 5 aromatic rings. The van der Waals surface area contributed by atoms with Gasteiger partial charge in [-0.2, -0.15) is 0 Å². The first-order valence-electron chi connectivity index (χ1n) is 12.9. The van der Waals surface area contributed by atoms with Crippen LogP contribution in [-0.4, -0.2) is 34.1 Å². The van der Waals surface area contributed by atoms with Gasteiger partial charge in [0.25, 0.3) is 0 Å². The maximum Gasteiger partial charge on any atom is 0.223 e. The number of ether oxygens (including phenoxy) is 1. The second-order valence-corrected chi connectivity index (χ2v) is 10.1. The summed E-state index contributed by atoms with van der Waals surface area (Å²) in [4.78, 5) is 14.4. The number of nitrogens with one attached hydrogen (secondary N) is 3. The minimum atomic E-state index is -0.476. The lowest BCUT2D eigenvalue weighted by molar-refractivity contribution is 0.443. The predicted molar refractivity (Wildman–Crippen MR) is 155 cm³/mol. The summed E-state index contributed by atoms with van der Waals surface area (Å²) < 4.78 is 24.4. The lowest BCUT2D eigenvalue weighted by Gasteiger charge is -2.23. The van der Waals surface area contributed by atoms with Crippen LogP contribution in [0.5, 0.6) is 11.5 Å². The highest BCUT2D eigenvalue weighted by Gasteiger charge is 2.16. The zero-order chi connectivity index (χ0) is 26.4. The molecule has 39 heavy (non-hydrogen) atoms. The maximum absolute atomic E-state index is 15.1. The van der Waals surface area contributed by atoms with Gasteiger partial charge in [-0.05, 0) is 72.4 Å². The number of nitrogens with zero attached hydrogens (tertiary/aromatic N) is 3. The average molecular weight is 539 g/mol. The van der Waals surface area contributed by atoms with Gasteiger partial charge >= 0.3 is 0 Å². The Hall–Kier alpha value is -4.21. The monoisotopic (exact) mass is 538 g/mol. The lowest BCUT2D eigenvalue weighted by atomic mass is 10.1. The van der Waals surface area contributed by atoms with Crippen molar-refractivity contribution in [3.8, 4) is 22.8 Å². The zero-order valence-electron chi connectivity index (χ0n) is 21.1. The van der Waals surface area contributed by atoms with Gasteiger partial charge in [0.1, 0.15) is 5.75 Å². The topological polar surface area (TPSA) is 84.0 Å². The standard InChI is InChI=1S/C30H27FN6OS/c31-25-17-21(37-39-29-9-3-6-20-5-1-2-8-23(20)29)10-11-28(25)38-27-13-15-33-19-24(27)26-12-16-34-30(36-26)35-22-7-4-14-32-18-22/h1-3,5-6,8-13,15-17,19,22,32,37H,4,7,14,18H2,(H,34,35,36). The van der Waals surface area contributed by atoms with Crippen LogP contribution in [0.1, 0.15) is 12.8 Å². The van der Waals surface area contributed by atoms with Crippen molar-refractivity contribution in [2.75, 3.05) is 23.1 Å². The Bertz CT molecular complexity index is 1590. The Kier molecular flexibility index (Phi) is 7.51. The van der Waals surface area contributed by atoms with Gasteiger partial charge < -0.3 is 20.1 Å². The smallest absolute Gasteiger partial charge is 0.223 e. The largest absolute Gasteiger partial charge is 0.453 e. The number of benzene rings is 3. The molecule has 7 nitrogen and oxygen atoms in total. The molecule has 0 saturated carbocycles. The second-order valence-electron chi connectivity index (χ2n) is 9.25. The van der Waals surface area contributed by atoms with Crippen molar-refractivity contribution in [1.82, 2.24) is 20.3 Å². The molecule has 0 radical (unpaired) electrons. The molecule has 1 unspecified atom stereocenters. The normalized spacial score (nSPS) is 15.2. The number of piperidine rings is 1. The highest BCUT2D eigenvalue weighted by molar-refractivity contribution is 8.00. The van der Waals surface area contributed by atoms with Crippen LogP contribution < -0.4 is 20.1 Å². The van der Waals surface area contributed by atoms with Crippen LogP contribution in [0.25, 0.3) is 22.0 Å². The van der Waals surface area contributed by atoms with Gasteiger partial charge in [0.15, 0.2) is 11.6 Å². The van der Waals surface area contributed by atoms with Crippen molar-refractivity contribution in [3.63, 3.8) is 0 Å². The summed E-state index contributed by atoms with van der Waals surface area (Å²) in [5.41, 5.74) is 1.93. The molecule has 1 saturated heterocycles. The van der Waals surface area contributed by atoms with E-state index < -0.39 is 5.82 Å². The van der Waals surface area contributed by atoms with Crippen LogP contribution in [0, 0.1) is 5.82 Å². The van der Waals surface area contributed by atoms with Crippen molar-refractivity contribution in [2.45, 2.75) is 23.8 Å². The number of rotatable bonds is 8. The fraction of sp³-hybridized carbons (Fsp3) is 0.167. The SMILES string of the molecule is Fc1cc(NSc2cccc3ccccc23)ccc1Oc1ccncc1-c1ccnc(NC2CCCNC2)n1. The van der Waals surface area contributed by atoms with Gasteiger partial charge in [-0.3, -0.25) is 4.98 Å². The molecular weight excluding hydrogens is 511 g/mol. The van der Waals surface area contributed by atoms with E-state index in [1.165, 1.54) is 18.0 Å². The summed E-state index contributed by atoms with van der Waals surface area (Å²) in [6.07, 6.45) is 7.15. The van der Waals surface area contributed by atoms with E-state index in [1.807, 2.05) is 24.3 Å². The number of hydrogen-bond donors (Lipinski definition) is 3. The molecule has 9 heteroatoms. The predicted octanol–water partition coefficient (Wildman–Crippen LogP) is 6.91. The number of halogens is 1. The van der Waals surface area contributed by atoms with E-state index in [0.29, 0.717) is 28.6 Å². The third-order valence-corrected chi connectivity index (χ3v) is 7.44. The second kappa shape index (κ2) is 11.7. The Balaban J connectivity index is 1.17. The maximum atomic E-state index is 15.1. The molecule has 1 fully saturated rings. The molecule has 1 aliphatic rings. The summed E-state index contributed by atoms with van der Waals surface area (Å²) in [5.74, 6) is 0.639. The first-order valence-corrected chi connectivity index (χ1v) is 13.7. The van der Waals surface area contributed by atoms with Crippen molar-refractivity contribution < 1.29 is 9.13 Å². The van der Waals surface area contributed by atoms with Crippen LogP contribution in [0.3, 0.4) is 0 Å². The van der Waals surface area contributed by atoms with E-state index in [2.05, 4.69) is 48.5 Å². The Labute approximate surface area is 230 Å². The van der Waals surface area contributed by atoms with Crippen LogP contribution in [0.2, 0.25) is 0 Å². The molecule has 3 aromatic carbocycles. The molecule has 1 atom stereocenters. The Morgan fingerprint density at radius 1 is 0.974 bits per heavy atom. The first kappa shape index (κ1) is 25.1. The van der Waals surface area contributed by atoms with E-state index in [9.17, 15) is 0 Å². The van der Waals surface area contributed by atoms with Crippen LogP contribution in [0.15, 0.2) is 96.3 Å². The Morgan fingerprint density at radius 3 is 2.79 bits per heavy atom. The molecule has 0 bridgehead atoms. The van der Waals surface area contributed by atoms with Crippen molar-refractivity contribution >= 4 is 34.4 Å². The van der Waals surface area contributed by atoms with E-state index in [-0.39, 0.29) is 11.8 Å². The summed E-state index contributed by atoms with van der Waals surface area (Å²) in [6.45, 7) is 1.91. The van der Waals surface area contributed by atoms with Gasteiger partial charge in [-0.1, -0.05) is 36.4 Å². The quantitative estimate of drug-likeness (QED) is 0.184. The Morgan fingerprint density at radius 2 is 1.90 bits per heavy atom. The van der Waals surface area contributed by atoms with Crippen molar-refractivity contribution in [3.05, 3.63) is 97.2 Å². The number of fused-ring (bicyclic) bond motifs is 1. The molecule has 0 aliphatic carbocycles. The highest BCUT2D eigenvalue weighted by atomic mass is 32.2. The minimum absolute atomic E-state index is 0.115. The average Bonchev–Trinajstić information content (AvgIpc) is 2.98. The molecule has 3 heterocycles. The van der Waals surface area contributed by atoms with E-state index in [4.69, 9.17) is 4.74 Å². The first-order chi connectivity index (χ1) is 19.2. The molecule has 2 aromatic heterocycles. The van der Waals surface area contributed by atoms with Gasteiger partial charge in [-0.25, -0.2) is 14.4 Å². The minimum Gasteiger partial charge on any atom is -0.453 e. The highest BCUT2D eigenvalue weighted by Crippen LogP contribution is 2.35. The fourth-order valence-corrected chi connectivity index (χ4v) is 5.36.